The van der Waals surface area contributed by atoms with Crippen LogP contribution in [0.2, 0.25) is 5.02 Å². The molecule has 0 fully saturated rings. The average Bonchev–Trinajstić information content (AvgIpc) is 2.99. The third kappa shape index (κ3) is 7.58. The maximum absolute atomic E-state index is 13.4. The summed E-state index contributed by atoms with van der Waals surface area (Å²) in [5.41, 5.74) is 3.23. The molecule has 5 rings (SSSR count). The molecule has 0 radical (unpaired) electrons. The van der Waals surface area contributed by atoms with Gasteiger partial charge >= 0.3 is 0 Å². The van der Waals surface area contributed by atoms with Gasteiger partial charge in [-0.1, -0.05) is 41.9 Å². The van der Waals surface area contributed by atoms with Gasteiger partial charge in [0.2, 0.25) is 5.91 Å². The molecular weight excluding hydrogens is 557 g/mol. The highest BCUT2D eigenvalue weighted by Crippen LogP contribution is 2.31. The van der Waals surface area contributed by atoms with E-state index < -0.39 is 0 Å². The van der Waals surface area contributed by atoms with Crippen LogP contribution in [0.4, 0.5) is 21.6 Å². The first-order valence-electron chi connectivity index (χ1n) is 13.3. The van der Waals surface area contributed by atoms with Crippen LogP contribution in [-0.2, 0) is 11.4 Å². The predicted molar refractivity (Wildman–Crippen MR) is 162 cm³/mol. The molecule has 0 atom stereocenters. The standard InChI is InChI=1S/C32H27ClFN5O3/c33-27-18-25(12-14-29(27)42-19-21-6-4-9-23(34)16-21)39-31-26-17-24(11-13-28(26)36-20-37-31)38-30(40)10-5-15-35-32(41)22-7-2-1-3-8-22/h1-4,6-9,11-14,16-18,20H,5,10,15,19H2,(H,35,41)(H,38,40)(H,36,37,39). The van der Waals surface area contributed by atoms with Gasteiger partial charge in [0.15, 0.2) is 0 Å². The lowest BCUT2D eigenvalue weighted by molar-refractivity contribution is -0.116. The van der Waals surface area contributed by atoms with Crippen LogP contribution in [0.15, 0.2) is 97.3 Å². The Morgan fingerprint density at radius 3 is 2.52 bits per heavy atom. The van der Waals surface area contributed by atoms with E-state index in [4.69, 9.17) is 16.3 Å². The first-order valence-corrected chi connectivity index (χ1v) is 13.6. The maximum Gasteiger partial charge on any atom is 0.251 e. The number of fused-ring (bicyclic) bond motifs is 1. The van der Waals surface area contributed by atoms with E-state index in [2.05, 4.69) is 25.9 Å². The van der Waals surface area contributed by atoms with Crippen LogP contribution in [0.25, 0.3) is 10.9 Å². The van der Waals surface area contributed by atoms with Crippen molar-refractivity contribution in [1.29, 1.82) is 0 Å². The van der Waals surface area contributed by atoms with Crippen LogP contribution < -0.4 is 20.7 Å². The number of carbonyl (C=O) groups is 2. The van der Waals surface area contributed by atoms with Crippen LogP contribution in [-0.4, -0.2) is 28.3 Å². The highest BCUT2D eigenvalue weighted by molar-refractivity contribution is 6.32. The number of hydrogen-bond donors (Lipinski definition) is 3. The highest BCUT2D eigenvalue weighted by atomic mass is 35.5. The zero-order valence-electron chi connectivity index (χ0n) is 22.4. The molecule has 0 aliphatic heterocycles. The topological polar surface area (TPSA) is 105 Å². The Hall–Kier alpha value is -5.02. The number of hydrogen-bond acceptors (Lipinski definition) is 6. The molecule has 4 aromatic carbocycles. The van der Waals surface area contributed by atoms with Crippen molar-refractivity contribution in [3.05, 3.63) is 119 Å². The molecule has 0 bridgehead atoms. The minimum Gasteiger partial charge on any atom is -0.487 e. The molecule has 0 saturated heterocycles. The van der Waals surface area contributed by atoms with Crippen LogP contribution in [0.3, 0.4) is 0 Å². The molecule has 212 valence electrons. The average molecular weight is 584 g/mol. The van der Waals surface area contributed by atoms with Crippen molar-refractivity contribution in [1.82, 2.24) is 15.3 Å². The lowest BCUT2D eigenvalue weighted by Gasteiger charge is -2.13. The molecule has 42 heavy (non-hydrogen) atoms. The number of carbonyl (C=O) groups excluding carboxylic acids is 2. The molecule has 10 heteroatoms. The van der Waals surface area contributed by atoms with Gasteiger partial charge in [0.25, 0.3) is 5.91 Å². The molecule has 2 amide bonds. The number of benzene rings is 4. The first kappa shape index (κ1) is 28.5. The monoisotopic (exact) mass is 583 g/mol. The van der Waals surface area contributed by atoms with E-state index in [0.29, 0.717) is 63.0 Å². The van der Waals surface area contributed by atoms with Crippen molar-refractivity contribution in [3.8, 4) is 5.75 Å². The Bertz CT molecular complexity index is 1720. The SMILES string of the molecule is O=C(CCCNC(=O)c1ccccc1)Nc1ccc2ncnc(Nc3ccc(OCc4cccc(F)c4)c(Cl)c3)c2c1. The van der Waals surface area contributed by atoms with Crippen molar-refractivity contribution in [3.63, 3.8) is 0 Å². The number of anilines is 3. The molecular formula is C32H27ClFN5O3. The van der Waals surface area contributed by atoms with Gasteiger partial charge in [-0.2, -0.15) is 0 Å². The summed E-state index contributed by atoms with van der Waals surface area (Å²) < 4.78 is 19.2. The Balaban J connectivity index is 1.18. The van der Waals surface area contributed by atoms with Gasteiger partial charge in [-0.15, -0.1) is 0 Å². The molecule has 5 aromatic rings. The van der Waals surface area contributed by atoms with E-state index >= 15 is 0 Å². The minimum absolute atomic E-state index is 0.169. The lowest BCUT2D eigenvalue weighted by Crippen LogP contribution is -2.25. The molecule has 1 heterocycles. The third-order valence-electron chi connectivity index (χ3n) is 6.30. The largest absolute Gasteiger partial charge is 0.487 e. The summed E-state index contributed by atoms with van der Waals surface area (Å²) in [6.45, 7) is 0.565. The fourth-order valence-corrected chi connectivity index (χ4v) is 4.46. The Labute approximate surface area is 246 Å². The second-order valence-corrected chi connectivity index (χ2v) is 9.82. The number of rotatable bonds is 11. The van der Waals surface area contributed by atoms with Gasteiger partial charge in [-0.05, 0) is 72.6 Å². The lowest BCUT2D eigenvalue weighted by atomic mass is 10.2. The van der Waals surface area contributed by atoms with Crippen molar-refractivity contribution in [2.24, 2.45) is 0 Å². The number of nitrogens with one attached hydrogen (secondary N) is 3. The van der Waals surface area contributed by atoms with Gasteiger partial charge in [0.05, 0.1) is 10.5 Å². The minimum atomic E-state index is -0.328. The second-order valence-electron chi connectivity index (χ2n) is 9.42. The predicted octanol–water partition coefficient (Wildman–Crippen LogP) is 6.89. The van der Waals surface area contributed by atoms with Gasteiger partial charge in [0.1, 0.15) is 30.3 Å². The molecule has 0 spiro atoms. The summed E-state index contributed by atoms with van der Waals surface area (Å²) in [6, 6.07) is 25.7. The molecule has 0 aliphatic carbocycles. The maximum atomic E-state index is 13.4. The zero-order valence-corrected chi connectivity index (χ0v) is 23.2. The number of halogens is 2. The number of ether oxygens (including phenoxy) is 1. The molecule has 0 aliphatic rings. The smallest absolute Gasteiger partial charge is 0.251 e. The molecule has 1 aromatic heterocycles. The number of amides is 2. The van der Waals surface area contributed by atoms with E-state index in [9.17, 15) is 14.0 Å². The van der Waals surface area contributed by atoms with Crippen molar-refractivity contribution < 1.29 is 18.7 Å². The third-order valence-corrected chi connectivity index (χ3v) is 6.59. The van der Waals surface area contributed by atoms with E-state index in [1.165, 1.54) is 18.5 Å². The quantitative estimate of drug-likeness (QED) is 0.146. The van der Waals surface area contributed by atoms with Crippen LogP contribution in [0, 0.1) is 5.82 Å². The summed E-state index contributed by atoms with van der Waals surface area (Å²) in [7, 11) is 0. The van der Waals surface area contributed by atoms with Gasteiger partial charge in [0, 0.05) is 35.3 Å². The van der Waals surface area contributed by atoms with Crippen LogP contribution in [0.1, 0.15) is 28.8 Å². The molecule has 0 saturated carbocycles. The van der Waals surface area contributed by atoms with E-state index in [1.807, 2.05) is 6.07 Å². The van der Waals surface area contributed by atoms with Gasteiger partial charge in [-0.3, -0.25) is 9.59 Å². The Kier molecular flexibility index (Phi) is 9.20. The van der Waals surface area contributed by atoms with Crippen molar-refractivity contribution in [2.45, 2.75) is 19.4 Å². The second kappa shape index (κ2) is 13.6. The van der Waals surface area contributed by atoms with Gasteiger partial charge < -0.3 is 20.7 Å². The number of aromatic nitrogens is 2. The van der Waals surface area contributed by atoms with Crippen LogP contribution in [0.5, 0.6) is 5.75 Å². The van der Waals surface area contributed by atoms with E-state index in [0.717, 1.165) is 0 Å². The summed E-state index contributed by atoms with van der Waals surface area (Å²) in [6.07, 6.45) is 2.19. The van der Waals surface area contributed by atoms with E-state index in [-0.39, 0.29) is 30.7 Å². The summed E-state index contributed by atoms with van der Waals surface area (Å²) in [5, 5.41) is 10.0. The fourth-order valence-electron chi connectivity index (χ4n) is 4.22. The fraction of sp³-hybridized carbons (Fsp3) is 0.125. The summed E-state index contributed by atoms with van der Waals surface area (Å²) in [4.78, 5) is 33.4. The summed E-state index contributed by atoms with van der Waals surface area (Å²) >= 11 is 6.45. The normalized spacial score (nSPS) is 10.7. The van der Waals surface area contributed by atoms with Crippen molar-refractivity contribution >= 4 is 51.5 Å². The molecule has 0 unspecified atom stereocenters. The number of nitrogens with zero attached hydrogens (tertiary/aromatic N) is 2. The zero-order chi connectivity index (χ0) is 29.3. The molecule has 3 N–H and O–H groups in total. The van der Waals surface area contributed by atoms with Crippen molar-refractivity contribution in [2.75, 3.05) is 17.2 Å². The highest BCUT2D eigenvalue weighted by Gasteiger charge is 2.11. The van der Waals surface area contributed by atoms with E-state index in [1.54, 1.807) is 72.8 Å². The van der Waals surface area contributed by atoms with Gasteiger partial charge in [-0.25, -0.2) is 14.4 Å². The summed E-state index contributed by atoms with van der Waals surface area (Å²) in [5.74, 6) is 0.326. The van der Waals surface area contributed by atoms with Crippen LogP contribution >= 0.6 is 11.6 Å². The first-order chi connectivity index (χ1) is 20.4. The molecule has 8 nitrogen and oxygen atoms in total. The Morgan fingerprint density at radius 1 is 0.881 bits per heavy atom. The Morgan fingerprint density at radius 2 is 1.71 bits per heavy atom.